The maximum absolute atomic E-state index is 13.5. The Bertz CT molecular complexity index is 800. The Kier molecular flexibility index (Phi) is 6.91. The highest BCUT2D eigenvalue weighted by Gasteiger charge is 2.15. The van der Waals surface area contributed by atoms with Crippen LogP contribution in [0.2, 0.25) is 5.02 Å². The van der Waals surface area contributed by atoms with E-state index in [4.69, 9.17) is 16.3 Å². The Morgan fingerprint density at radius 3 is 2.67 bits per heavy atom. The Hall–Kier alpha value is -1.28. The van der Waals surface area contributed by atoms with E-state index in [-0.39, 0.29) is 22.3 Å². The molecule has 4 nitrogen and oxygen atoms in total. The molecule has 24 heavy (non-hydrogen) atoms. The molecule has 2 aromatic carbocycles. The SMILES string of the molecule is COc1ccc(S(=O)(=O)NCCSCc2ccccc2F)cc1Cl. The van der Waals surface area contributed by atoms with Gasteiger partial charge in [0, 0.05) is 18.1 Å². The van der Waals surface area contributed by atoms with Gasteiger partial charge in [0.25, 0.3) is 0 Å². The van der Waals surface area contributed by atoms with Crippen molar-refractivity contribution in [2.45, 2.75) is 10.6 Å². The zero-order chi connectivity index (χ0) is 17.6. The third-order valence-corrected chi connectivity index (χ3v) is 5.95. The molecule has 0 aromatic heterocycles. The standard InChI is InChI=1S/C16H17ClFNO3S2/c1-22-16-7-6-13(10-14(16)17)24(20,21)19-8-9-23-11-12-4-2-3-5-15(12)18/h2-7,10,19H,8-9,11H2,1H3. The molecule has 2 rings (SSSR count). The number of sulfonamides is 1. The number of halogens is 2. The second-order valence-electron chi connectivity index (χ2n) is 4.84. The summed E-state index contributed by atoms with van der Waals surface area (Å²) in [4.78, 5) is 0.0763. The normalized spacial score (nSPS) is 11.5. The summed E-state index contributed by atoms with van der Waals surface area (Å²) in [5.74, 6) is 1.18. The number of hydrogen-bond donors (Lipinski definition) is 1. The average molecular weight is 390 g/mol. The predicted molar refractivity (Wildman–Crippen MR) is 95.8 cm³/mol. The third kappa shape index (κ3) is 5.11. The van der Waals surface area contributed by atoms with E-state index >= 15 is 0 Å². The average Bonchev–Trinajstić information content (AvgIpc) is 2.56. The maximum atomic E-state index is 13.5. The minimum Gasteiger partial charge on any atom is -0.495 e. The molecule has 0 amide bonds. The molecule has 130 valence electrons. The van der Waals surface area contributed by atoms with Crippen LogP contribution in [0, 0.1) is 5.82 Å². The van der Waals surface area contributed by atoms with E-state index in [1.165, 1.54) is 43.1 Å². The van der Waals surface area contributed by atoms with Crippen LogP contribution in [0.4, 0.5) is 4.39 Å². The predicted octanol–water partition coefficient (Wildman–Crippen LogP) is 3.70. The summed E-state index contributed by atoms with van der Waals surface area (Å²) in [6.45, 7) is 0.241. The van der Waals surface area contributed by atoms with Crippen LogP contribution in [-0.4, -0.2) is 27.8 Å². The van der Waals surface area contributed by atoms with Crippen molar-refractivity contribution in [1.82, 2.24) is 4.72 Å². The number of thioether (sulfide) groups is 1. The molecule has 0 aliphatic rings. The van der Waals surface area contributed by atoms with Gasteiger partial charge in [0.05, 0.1) is 17.0 Å². The van der Waals surface area contributed by atoms with E-state index < -0.39 is 10.0 Å². The molecule has 0 fully saturated rings. The lowest BCUT2D eigenvalue weighted by Gasteiger charge is -2.09. The highest BCUT2D eigenvalue weighted by atomic mass is 35.5. The summed E-state index contributed by atoms with van der Waals surface area (Å²) in [6.07, 6.45) is 0. The van der Waals surface area contributed by atoms with Gasteiger partial charge in [-0.2, -0.15) is 11.8 Å². The monoisotopic (exact) mass is 389 g/mol. The summed E-state index contributed by atoms with van der Waals surface area (Å²) in [5.41, 5.74) is 0.604. The van der Waals surface area contributed by atoms with Crippen LogP contribution >= 0.6 is 23.4 Å². The van der Waals surface area contributed by atoms with Gasteiger partial charge < -0.3 is 4.74 Å². The molecular weight excluding hydrogens is 373 g/mol. The quantitative estimate of drug-likeness (QED) is 0.699. The van der Waals surface area contributed by atoms with Crippen molar-refractivity contribution < 1.29 is 17.5 Å². The highest BCUT2D eigenvalue weighted by molar-refractivity contribution is 7.98. The second-order valence-corrected chi connectivity index (χ2v) is 8.12. The Labute approximate surface area is 150 Å². The van der Waals surface area contributed by atoms with Crippen LogP contribution in [-0.2, 0) is 15.8 Å². The summed E-state index contributed by atoms with van der Waals surface area (Å²) in [6, 6.07) is 10.8. The van der Waals surface area contributed by atoms with E-state index in [0.717, 1.165) is 0 Å². The lowest BCUT2D eigenvalue weighted by molar-refractivity contribution is 0.414. The minimum absolute atomic E-state index is 0.0763. The van der Waals surface area contributed by atoms with Crippen LogP contribution in [0.1, 0.15) is 5.56 Å². The molecular formula is C16H17ClFNO3S2. The van der Waals surface area contributed by atoms with Crippen LogP contribution in [0.15, 0.2) is 47.4 Å². The largest absolute Gasteiger partial charge is 0.495 e. The Morgan fingerprint density at radius 1 is 1.25 bits per heavy atom. The molecule has 0 heterocycles. The summed E-state index contributed by atoms with van der Waals surface area (Å²) < 4.78 is 45.3. The molecule has 0 radical (unpaired) electrons. The smallest absolute Gasteiger partial charge is 0.240 e. The molecule has 2 aromatic rings. The lowest BCUT2D eigenvalue weighted by Crippen LogP contribution is -2.26. The Balaban J connectivity index is 1.85. The van der Waals surface area contributed by atoms with E-state index in [2.05, 4.69) is 4.72 Å². The fourth-order valence-corrected chi connectivity index (χ4v) is 4.30. The van der Waals surface area contributed by atoms with Crippen molar-refractivity contribution in [1.29, 1.82) is 0 Å². The molecule has 1 N–H and O–H groups in total. The zero-order valence-corrected chi connectivity index (χ0v) is 15.3. The van der Waals surface area contributed by atoms with Crippen molar-refractivity contribution in [2.75, 3.05) is 19.4 Å². The molecule has 0 spiro atoms. The number of nitrogens with one attached hydrogen (secondary N) is 1. The first-order chi connectivity index (χ1) is 11.4. The summed E-state index contributed by atoms with van der Waals surface area (Å²) >= 11 is 7.40. The van der Waals surface area contributed by atoms with Crippen molar-refractivity contribution in [3.8, 4) is 5.75 Å². The molecule has 0 unspecified atom stereocenters. The van der Waals surface area contributed by atoms with Gasteiger partial charge in [-0.05, 0) is 29.8 Å². The molecule has 8 heteroatoms. The molecule has 0 atom stereocenters. The topological polar surface area (TPSA) is 55.4 Å². The van der Waals surface area contributed by atoms with Gasteiger partial charge in [-0.25, -0.2) is 17.5 Å². The lowest BCUT2D eigenvalue weighted by atomic mass is 10.2. The fraction of sp³-hybridized carbons (Fsp3) is 0.250. The fourth-order valence-electron chi connectivity index (χ4n) is 1.94. The minimum atomic E-state index is -3.64. The van der Waals surface area contributed by atoms with Gasteiger partial charge in [-0.1, -0.05) is 29.8 Å². The highest BCUT2D eigenvalue weighted by Crippen LogP contribution is 2.26. The van der Waals surface area contributed by atoms with Crippen molar-refractivity contribution >= 4 is 33.4 Å². The number of hydrogen-bond acceptors (Lipinski definition) is 4. The number of methoxy groups -OCH3 is 1. The van der Waals surface area contributed by atoms with E-state index in [1.54, 1.807) is 18.2 Å². The zero-order valence-electron chi connectivity index (χ0n) is 13.0. The first-order valence-corrected chi connectivity index (χ1v) is 10.1. The van der Waals surface area contributed by atoms with Crippen LogP contribution in [0.25, 0.3) is 0 Å². The molecule has 0 aliphatic carbocycles. The van der Waals surface area contributed by atoms with Crippen molar-refractivity contribution in [3.05, 3.63) is 58.9 Å². The first-order valence-electron chi connectivity index (χ1n) is 7.08. The maximum Gasteiger partial charge on any atom is 0.240 e. The Morgan fingerprint density at radius 2 is 2.00 bits per heavy atom. The van der Waals surface area contributed by atoms with Crippen LogP contribution in [0.3, 0.4) is 0 Å². The van der Waals surface area contributed by atoms with Gasteiger partial charge in [0.2, 0.25) is 10.0 Å². The van der Waals surface area contributed by atoms with Crippen molar-refractivity contribution in [2.24, 2.45) is 0 Å². The first kappa shape index (κ1) is 19.1. The van der Waals surface area contributed by atoms with Gasteiger partial charge in [0.1, 0.15) is 11.6 Å². The third-order valence-electron chi connectivity index (χ3n) is 3.19. The van der Waals surface area contributed by atoms with Crippen LogP contribution in [0.5, 0.6) is 5.75 Å². The van der Waals surface area contributed by atoms with Gasteiger partial charge in [-0.15, -0.1) is 0 Å². The van der Waals surface area contributed by atoms with Crippen molar-refractivity contribution in [3.63, 3.8) is 0 Å². The molecule has 0 saturated carbocycles. The van der Waals surface area contributed by atoms with Gasteiger partial charge in [-0.3, -0.25) is 0 Å². The van der Waals surface area contributed by atoms with Gasteiger partial charge in [0.15, 0.2) is 0 Å². The van der Waals surface area contributed by atoms with E-state index in [9.17, 15) is 12.8 Å². The summed E-state index contributed by atoms with van der Waals surface area (Å²) in [7, 11) is -2.18. The molecule has 0 bridgehead atoms. The number of rotatable bonds is 8. The van der Waals surface area contributed by atoms with Gasteiger partial charge >= 0.3 is 0 Å². The van der Waals surface area contributed by atoms with E-state index in [0.29, 0.717) is 22.8 Å². The molecule has 0 saturated heterocycles. The number of benzene rings is 2. The molecule has 0 aliphatic heterocycles. The van der Waals surface area contributed by atoms with Crippen LogP contribution < -0.4 is 9.46 Å². The summed E-state index contributed by atoms with van der Waals surface area (Å²) in [5, 5.41) is 0.231. The second kappa shape index (κ2) is 8.71. The number of ether oxygens (including phenoxy) is 1. The van der Waals surface area contributed by atoms with E-state index in [1.807, 2.05) is 0 Å².